The normalized spacial score (nSPS) is 25.2. The topological polar surface area (TPSA) is 62.2 Å². The zero-order chi connectivity index (χ0) is 16.7. The molecule has 1 amide bonds. The van der Waals surface area contributed by atoms with Crippen molar-refractivity contribution in [2.24, 2.45) is 11.3 Å². The van der Waals surface area contributed by atoms with Crippen LogP contribution in [-0.2, 0) is 4.79 Å². The van der Waals surface area contributed by atoms with Crippen molar-refractivity contribution < 1.29 is 4.79 Å². The summed E-state index contributed by atoms with van der Waals surface area (Å²) < 4.78 is 2.07. The summed E-state index contributed by atoms with van der Waals surface area (Å²) in [4.78, 5) is 15.1. The molecular formula is C18H31Cl2N5O. The molecule has 2 N–H and O–H groups in total. The van der Waals surface area contributed by atoms with Crippen LogP contribution in [0.2, 0.25) is 0 Å². The second-order valence-electron chi connectivity index (χ2n) is 8.01. The number of amides is 1. The molecule has 0 radical (unpaired) electrons. The highest BCUT2D eigenvalue weighted by Gasteiger charge is 2.57. The molecule has 0 bridgehead atoms. The average Bonchev–Trinajstić information content (AvgIpc) is 3.14. The fraction of sp³-hybridized carbons (Fsp3) is 0.778. The van der Waals surface area contributed by atoms with Gasteiger partial charge in [-0.3, -0.25) is 4.79 Å². The maximum Gasteiger partial charge on any atom is 0.229 e. The van der Waals surface area contributed by atoms with E-state index in [2.05, 4.69) is 32.4 Å². The highest BCUT2D eigenvalue weighted by molar-refractivity contribution is 5.94. The molecular weight excluding hydrogens is 373 g/mol. The summed E-state index contributed by atoms with van der Waals surface area (Å²) in [5.74, 6) is 1.29. The van der Waals surface area contributed by atoms with Gasteiger partial charge >= 0.3 is 0 Å². The molecule has 1 spiro atoms. The summed E-state index contributed by atoms with van der Waals surface area (Å²) >= 11 is 0. The lowest BCUT2D eigenvalue weighted by molar-refractivity contribution is -0.118. The fourth-order valence-electron chi connectivity index (χ4n) is 4.54. The molecule has 3 aliphatic rings. The van der Waals surface area contributed by atoms with Gasteiger partial charge in [0.05, 0.1) is 11.7 Å². The van der Waals surface area contributed by atoms with Crippen LogP contribution in [0.15, 0.2) is 6.07 Å². The van der Waals surface area contributed by atoms with Crippen LogP contribution < -0.4 is 10.6 Å². The smallest absolute Gasteiger partial charge is 0.229 e. The lowest BCUT2D eigenvalue weighted by Gasteiger charge is -2.30. The molecule has 8 heteroatoms. The largest absolute Gasteiger partial charge is 0.317 e. The van der Waals surface area contributed by atoms with Crippen LogP contribution in [-0.4, -0.2) is 53.8 Å². The van der Waals surface area contributed by atoms with E-state index in [0.717, 1.165) is 69.8 Å². The monoisotopic (exact) mass is 403 g/mol. The third-order valence-electron chi connectivity index (χ3n) is 6.25. The predicted molar refractivity (Wildman–Crippen MR) is 109 cm³/mol. The summed E-state index contributed by atoms with van der Waals surface area (Å²) in [5.41, 5.74) is 1.26. The van der Waals surface area contributed by atoms with Crippen molar-refractivity contribution >= 4 is 36.5 Å². The van der Waals surface area contributed by atoms with Crippen molar-refractivity contribution in [3.8, 4) is 0 Å². The Morgan fingerprint density at radius 1 is 1.27 bits per heavy atom. The van der Waals surface area contributed by atoms with Gasteiger partial charge in [-0.1, -0.05) is 0 Å². The van der Waals surface area contributed by atoms with E-state index in [1.807, 2.05) is 13.0 Å². The number of hydrogen-bond donors (Lipinski definition) is 2. The van der Waals surface area contributed by atoms with Gasteiger partial charge in [0.1, 0.15) is 5.82 Å². The highest BCUT2D eigenvalue weighted by atomic mass is 35.5. The third-order valence-corrected chi connectivity index (χ3v) is 6.25. The Bertz CT molecular complexity index is 621. The first-order valence-electron chi connectivity index (χ1n) is 9.34. The van der Waals surface area contributed by atoms with Crippen LogP contribution >= 0.6 is 24.8 Å². The minimum Gasteiger partial charge on any atom is -0.317 e. The molecule has 1 aromatic rings. The molecule has 0 aromatic carbocycles. The van der Waals surface area contributed by atoms with E-state index in [1.165, 1.54) is 0 Å². The van der Waals surface area contributed by atoms with Gasteiger partial charge in [-0.05, 0) is 77.7 Å². The lowest BCUT2D eigenvalue weighted by Crippen LogP contribution is -2.33. The van der Waals surface area contributed by atoms with E-state index in [4.69, 9.17) is 0 Å². The number of aromatic nitrogens is 2. The molecule has 1 unspecified atom stereocenters. The third kappa shape index (κ3) is 4.19. The number of halogens is 2. The maximum atomic E-state index is 12.8. The van der Waals surface area contributed by atoms with Gasteiger partial charge < -0.3 is 15.5 Å². The van der Waals surface area contributed by atoms with Crippen molar-refractivity contribution in [2.45, 2.75) is 45.1 Å². The van der Waals surface area contributed by atoms with E-state index in [1.54, 1.807) is 0 Å². The van der Waals surface area contributed by atoms with Gasteiger partial charge in [-0.25, -0.2) is 4.68 Å². The molecule has 1 atom stereocenters. The molecule has 3 heterocycles. The van der Waals surface area contributed by atoms with Gasteiger partial charge in [0.25, 0.3) is 0 Å². The number of anilines is 1. The van der Waals surface area contributed by atoms with Crippen LogP contribution in [0.25, 0.3) is 0 Å². The molecule has 1 aliphatic carbocycles. The van der Waals surface area contributed by atoms with E-state index >= 15 is 0 Å². The summed E-state index contributed by atoms with van der Waals surface area (Å²) in [7, 11) is 2.17. The number of nitrogens with one attached hydrogen (secondary N) is 2. The van der Waals surface area contributed by atoms with E-state index in [0.29, 0.717) is 6.04 Å². The van der Waals surface area contributed by atoms with Gasteiger partial charge in [-0.2, -0.15) is 5.10 Å². The molecule has 1 saturated carbocycles. The Kier molecular flexibility index (Phi) is 6.99. The van der Waals surface area contributed by atoms with Gasteiger partial charge in [0, 0.05) is 12.0 Å². The van der Waals surface area contributed by atoms with Crippen LogP contribution in [0.5, 0.6) is 0 Å². The predicted octanol–water partition coefficient (Wildman–Crippen LogP) is 2.63. The number of aryl methyl sites for hydroxylation is 1. The van der Waals surface area contributed by atoms with Gasteiger partial charge in [0.15, 0.2) is 0 Å². The zero-order valence-electron chi connectivity index (χ0n) is 15.7. The van der Waals surface area contributed by atoms with Crippen molar-refractivity contribution in [1.82, 2.24) is 20.0 Å². The lowest BCUT2D eigenvalue weighted by atomic mass is 9.92. The standard InChI is InChI=1S/C18H29N5O.2ClH/c1-13-11-16(23(21-13)14-3-9-22(2)10-4-14)20-17(24)15-12-18(15)5-7-19-8-6-18;;/h11,14-15,19H,3-10,12H2,1-2H3,(H,20,24);2*1H. The number of carbonyl (C=O) groups excluding carboxylic acids is 1. The summed E-state index contributed by atoms with van der Waals surface area (Å²) in [6, 6.07) is 2.42. The van der Waals surface area contributed by atoms with E-state index in [-0.39, 0.29) is 42.1 Å². The Hall–Kier alpha value is -0.820. The quantitative estimate of drug-likeness (QED) is 0.813. The molecule has 26 heavy (non-hydrogen) atoms. The minimum absolute atomic E-state index is 0. The number of hydrogen-bond acceptors (Lipinski definition) is 4. The van der Waals surface area contributed by atoms with Crippen LogP contribution in [0.1, 0.15) is 43.8 Å². The number of rotatable bonds is 3. The average molecular weight is 404 g/mol. The first-order chi connectivity index (χ1) is 11.6. The van der Waals surface area contributed by atoms with Gasteiger partial charge in [0.2, 0.25) is 5.91 Å². The summed E-state index contributed by atoms with van der Waals surface area (Å²) in [5, 5.41) is 11.3. The molecule has 148 valence electrons. The minimum atomic E-state index is 0. The summed E-state index contributed by atoms with van der Waals surface area (Å²) in [6.45, 7) is 6.30. The Balaban J connectivity index is 0.00000121. The molecule has 3 fully saturated rings. The first-order valence-corrected chi connectivity index (χ1v) is 9.34. The second kappa shape index (κ2) is 8.46. The Labute approximate surface area is 168 Å². The molecule has 2 saturated heterocycles. The van der Waals surface area contributed by atoms with Crippen molar-refractivity contribution in [3.05, 3.63) is 11.8 Å². The van der Waals surface area contributed by atoms with Crippen LogP contribution in [0.4, 0.5) is 5.82 Å². The highest BCUT2D eigenvalue weighted by Crippen LogP contribution is 2.58. The van der Waals surface area contributed by atoms with Crippen LogP contribution in [0.3, 0.4) is 0 Å². The Morgan fingerprint density at radius 3 is 2.58 bits per heavy atom. The first kappa shape index (κ1) is 21.5. The van der Waals surface area contributed by atoms with E-state index in [9.17, 15) is 4.79 Å². The fourth-order valence-corrected chi connectivity index (χ4v) is 4.54. The molecule has 4 rings (SSSR count). The SMILES string of the molecule is Cc1cc(NC(=O)C2CC23CCNCC3)n(C2CCN(C)CC2)n1.Cl.Cl. The van der Waals surface area contributed by atoms with Crippen molar-refractivity contribution in [2.75, 3.05) is 38.5 Å². The number of nitrogens with zero attached hydrogens (tertiary/aromatic N) is 3. The number of carbonyl (C=O) groups is 1. The zero-order valence-corrected chi connectivity index (χ0v) is 17.3. The summed E-state index contributed by atoms with van der Waals surface area (Å²) in [6.07, 6.45) is 5.53. The van der Waals surface area contributed by atoms with Gasteiger partial charge in [-0.15, -0.1) is 24.8 Å². The second-order valence-corrected chi connectivity index (χ2v) is 8.01. The van der Waals surface area contributed by atoms with Crippen molar-refractivity contribution in [3.63, 3.8) is 0 Å². The van der Waals surface area contributed by atoms with Crippen LogP contribution in [0, 0.1) is 18.3 Å². The van der Waals surface area contributed by atoms with E-state index < -0.39 is 0 Å². The van der Waals surface area contributed by atoms with Crippen molar-refractivity contribution in [1.29, 1.82) is 0 Å². The Morgan fingerprint density at radius 2 is 1.92 bits per heavy atom. The molecule has 2 aliphatic heterocycles. The molecule has 6 nitrogen and oxygen atoms in total. The number of likely N-dealkylation sites (tertiary alicyclic amines) is 1. The number of piperidine rings is 2. The molecule has 1 aromatic heterocycles. The maximum absolute atomic E-state index is 12.8.